The molecule has 1 amide bonds. The van der Waals surface area contributed by atoms with Gasteiger partial charge in [-0.2, -0.15) is 0 Å². The molecular formula is C23H20N4O2. The van der Waals surface area contributed by atoms with Crippen LogP contribution in [-0.2, 0) is 17.8 Å². The number of ether oxygens (including phenoxy) is 1. The van der Waals surface area contributed by atoms with Crippen molar-refractivity contribution in [2.75, 3.05) is 0 Å². The Morgan fingerprint density at radius 3 is 2.38 bits per heavy atom. The minimum absolute atomic E-state index is 0.204. The molecule has 0 fully saturated rings. The van der Waals surface area contributed by atoms with E-state index < -0.39 is 6.09 Å². The largest absolute Gasteiger partial charge is 0.445 e. The zero-order chi connectivity index (χ0) is 19.9. The Morgan fingerprint density at radius 2 is 1.62 bits per heavy atom. The number of hydrogen-bond donors (Lipinski definition) is 1. The lowest BCUT2D eigenvalue weighted by atomic mass is 10.0. The predicted molar refractivity (Wildman–Crippen MR) is 110 cm³/mol. The number of nitrogens with one attached hydrogen (secondary N) is 1. The average Bonchev–Trinajstić information content (AvgIpc) is 2.78. The van der Waals surface area contributed by atoms with E-state index in [2.05, 4.69) is 20.3 Å². The molecular weight excluding hydrogens is 364 g/mol. The van der Waals surface area contributed by atoms with E-state index in [1.165, 1.54) is 0 Å². The van der Waals surface area contributed by atoms with Gasteiger partial charge < -0.3 is 10.1 Å². The second-order valence-electron chi connectivity index (χ2n) is 6.59. The van der Waals surface area contributed by atoms with Crippen molar-refractivity contribution in [2.24, 2.45) is 0 Å². The van der Waals surface area contributed by atoms with Gasteiger partial charge in [0.05, 0.1) is 17.9 Å². The molecule has 0 bridgehead atoms. The van der Waals surface area contributed by atoms with Gasteiger partial charge >= 0.3 is 6.09 Å². The Hall–Kier alpha value is -3.80. The van der Waals surface area contributed by atoms with Gasteiger partial charge in [0.1, 0.15) is 12.1 Å². The van der Waals surface area contributed by atoms with Crippen molar-refractivity contribution in [3.05, 3.63) is 102 Å². The molecule has 4 rings (SSSR count). The number of fused-ring (bicyclic) bond motifs is 1. The summed E-state index contributed by atoms with van der Waals surface area (Å²) in [5.74, 6) is 0. The molecule has 0 radical (unpaired) electrons. The summed E-state index contributed by atoms with van der Waals surface area (Å²) < 4.78 is 5.39. The summed E-state index contributed by atoms with van der Waals surface area (Å²) in [7, 11) is 0. The van der Waals surface area contributed by atoms with E-state index in [-0.39, 0.29) is 12.6 Å². The van der Waals surface area contributed by atoms with Gasteiger partial charge in [-0.3, -0.25) is 4.98 Å². The van der Waals surface area contributed by atoms with Crippen LogP contribution in [-0.4, -0.2) is 21.0 Å². The highest BCUT2D eigenvalue weighted by molar-refractivity contribution is 5.70. The topological polar surface area (TPSA) is 77.0 Å². The molecule has 1 atom stereocenters. The van der Waals surface area contributed by atoms with E-state index in [9.17, 15) is 4.79 Å². The molecule has 2 heterocycles. The highest BCUT2D eigenvalue weighted by Crippen LogP contribution is 2.18. The molecule has 0 aliphatic carbocycles. The minimum atomic E-state index is -0.502. The summed E-state index contributed by atoms with van der Waals surface area (Å²) in [4.78, 5) is 25.8. The van der Waals surface area contributed by atoms with Crippen LogP contribution in [0, 0.1) is 0 Å². The number of amides is 1. The van der Waals surface area contributed by atoms with E-state index >= 15 is 0 Å². The Labute approximate surface area is 168 Å². The van der Waals surface area contributed by atoms with Crippen LogP contribution in [0.1, 0.15) is 22.9 Å². The monoisotopic (exact) mass is 384 g/mol. The third-order valence-corrected chi connectivity index (χ3v) is 4.48. The molecule has 2 aromatic carbocycles. The lowest BCUT2D eigenvalue weighted by molar-refractivity contribution is 0.135. The number of nitrogens with zero attached hydrogens (tertiary/aromatic N) is 3. The Bertz CT molecular complexity index is 1090. The fourth-order valence-electron chi connectivity index (χ4n) is 3.02. The summed E-state index contributed by atoms with van der Waals surface area (Å²) in [6.07, 6.45) is 3.41. The van der Waals surface area contributed by atoms with Crippen LogP contribution in [0.15, 0.2) is 85.2 Å². The SMILES string of the molecule is O=C(N[C@@H](Cc1ccccc1)c1cnc2cccnc2n1)OCc1ccccc1. The number of aromatic nitrogens is 3. The predicted octanol–water partition coefficient (Wildman–Crippen LogP) is 4.24. The number of rotatable bonds is 6. The van der Waals surface area contributed by atoms with Gasteiger partial charge in [0.25, 0.3) is 0 Å². The zero-order valence-electron chi connectivity index (χ0n) is 15.7. The van der Waals surface area contributed by atoms with Crippen LogP contribution >= 0.6 is 0 Å². The fraction of sp³-hybridized carbons (Fsp3) is 0.130. The lowest BCUT2D eigenvalue weighted by Crippen LogP contribution is -2.31. The highest BCUT2D eigenvalue weighted by atomic mass is 16.5. The maximum absolute atomic E-state index is 12.5. The average molecular weight is 384 g/mol. The minimum Gasteiger partial charge on any atom is -0.445 e. The van der Waals surface area contributed by atoms with E-state index in [1.54, 1.807) is 12.4 Å². The van der Waals surface area contributed by atoms with E-state index in [1.807, 2.05) is 72.8 Å². The molecule has 29 heavy (non-hydrogen) atoms. The van der Waals surface area contributed by atoms with Crippen LogP contribution in [0.5, 0.6) is 0 Å². The van der Waals surface area contributed by atoms with E-state index in [4.69, 9.17) is 4.74 Å². The summed E-state index contributed by atoms with van der Waals surface area (Å²) in [6, 6.07) is 22.8. The van der Waals surface area contributed by atoms with Crippen LogP contribution in [0.4, 0.5) is 4.79 Å². The van der Waals surface area contributed by atoms with Gasteiger partial charge in [-0.25, -0.2) is 14.8 Å². The standard InChI is InChI=1S/C23H20N4O2/c28-23(29-16-18-10-5-2-6-11-18)27-20(14-17-8-3-1-4-9-17)21-15-25-19-12-7-13-24-22(19)26-21/h1-13,15,20H,14,16H2,(H,27,28)/t20-/m0/s1. The number of hydrogen-bond acceptors (Lipinski definition) is 5. The van der Waals surface area contributed by atoms with Crippen LogP contribution in [0.25, 0.3) is 11.2 Å². The first-order valence-electron chi connectivity index (χ1n) is 9.37. The van der Waals surface area contributed by atoms with Crippen molar-refractivity contribution < 1.29 is 9.53 Å². The van der Waals surface area contributed by atoms with Gasteiger partial charge in [-0.1, -0.05) is 60.7 Å². The van der Waals surface area contributed by atoms with Gasteiger partial charge in [0.2, 0.25) is 0 Å². The van der Waals surface area contributed by atoms with Crippen LogP contribution in [0.3, 0.4) is 0 Å². The first kappa shape index (κ1) is 18.6. The van der Waals surface area contributed by atoms with Crippen LogP contribution in [0.2, 0.25) is 0 Å². The van der Waals surface area contributed by atoms with Crippen molar-refractivity contribution in [3.63, 3.8) is 0 Å². The summed E-state index contributed by atoms with van der Waals surface area (Å²) in [5, 5.41) is 2.93. The second kappa shape index (κ2) is 8.93. The highest BCUT2D eigenvalue weighted by Gasteiger charge is 2.19. The lowest BCUT2D eigenvalue weighted by Gasteiger charge is -2.18. The summed E-state index contributed by atoms with van der Waals surface area (Å²) >= 11 is 0. The van der Waals surface area contributed by atoms with Crippen molar-refractivity contribution in [1.29, 1.82) is 0 Å². The second-order valence-corrected chi connectivity index (χ2v) is 6.59. The van der Waals surface area contributed by atoms with Crippen molar-refractivity contribution >= 4 is 17.3 Å². The van der Waals surface area contributed by atoms with Gasteiger partial charge in [-0.05, 0) is 29.7 Å². The fourth-order valence-corrected chi connectivity index (χ4v) is 3.02. The summed E-state index contributed by atoms with van der Waals surface area (Å²) in [6.45, 7) is 0.204. The maximum atomic E-state index is 12.5. The third kappa shape index (κ3) is 4.93. The molecule has 0 unspecified atom stereocenters. The molecule has 1 N–H and O–H groups in total. The molecule has 4 aromatic rings. The Balaban J connectivity index is 1.53. The molecule has 0 aliphatic rings. The molecule has 2 aromatic heterocycles. The van der Waals surface area contributed by atoms with Gasteiger partial charge in [0.15, 0.2) is 5.65 Å². The zero-order valence-corrected chi connectivity index (χ0v) is 15.7. The number of carbonyl (C=O) groups excluding carboxylic acids is 1. The molecule has 6 heteroatoms. The molecule has 144 valence electrons. The smallest absolute Gasteiger partial charge is 0.408 e. The normalized spacial score (nSPS) is 11.7. The first-order valence-corrected chi connectivity index (χ1v) is 9.37. The first-order chi connectivity index (χ1) is 14.3. The number of carbonyl (C=O) groups is 1. The van der Waals surface area contributed by atoms with E-state index in [0.717, 1.165) is 11.1 Å². The third-order valence-electron chi connectivity index (χ3n) is 4.48. The van der Waals surface area contributed by atoms with Crippen molar-refractivity contribution in [3.8, 4) is 0 Å². The number of pyridine rings is 1. The Morgan fingerprint density at radius 1 is 0.897 bits per heavy atom. The molecule has 0 spiro atoms. The molecule has 0 saturated carbocycles. The van der Waals surface area contributed by atoms with Gasteiger partial charge in [-0.15, -0.1) is 0 Å². The van der Waals surface area contributed by atoms with Crippen molar-refractivity contribution in [1.82, 2.24) is 20.3 Å². The Kier molecular flexibility index (Phi) is 5.71. The maximum Gasteiger partial charge on any atom is 0.408 e. The van der Waals surface area contributed by atoms with Crippen molar-refractivity contribution in [2.45, 2.75) is 19.1 Å². The molecule has 0 aliphatic heterocycles. The quantitative estimate of drug-likeness (QED) is 0.538. The van der Waals surface area contributed by atoms with Gasteiger partial charge in [0, 0.05) is 6.20 Å². The van der Waals surface area contributed by atoms with Crippen LogP contribution < -0.4 is 5.32 Å². The molecule has 0 saturated heterocycles. The number of benzene rings is 2. The summed E-state index contributed by atoms with van der Waals surface area (Å²) in [5.41, 5.74) is 3.89. The molecule has 6 nitrogen and oxygen atoms in total. The van der Waals surface area contributed by atoms with E-state index in [0.29, 0.717) is 23.3 Å². The number of alkyl carbamates (subject to hydrolysis) is 1.